The van der Waals surface area contributed by atoms with Crippen molar-refractivity contribution in [2.24, 2.45) is 0 Å². The van der Waals surface area contributed by atoms with Crippen LogP contribution in [0.4, 0.5) is 21.9 Å². The quantitative estimate of drug-likeness (QED) is 0.444. The molecular formula is C27H28N4O4. The molecule has 3 aromatic rings. The van der Waals surface area contributed by atoms with E-state index >= 15 is 0 Å². The van der Waals surface area contributed by atoms with E-state index in [-0.39, 0.29) is 25.6 Å². The number of carbonyl (C=O) groups excluding carboxylic acids is 3. The number of hydrogen-bond donors (Lipinski definition) is 3. The zero-order chi connectivity index (χ0) is 25.0. The van der Waals surface area contributed by atoms with Crippen molar-refractivity contribution >= 4 is 41.0 Å². The lowest BCUT2D eigenvalue weighted by atomic mass is 10.2. The van der Waals surface area contributed by atoms with E-state index in [1.165, 1.54) is 9.80 Å². The van der Waals surface area contributed by atoms with Crippen molar-refractivity contribution < 1.29 is 19.5 Å². The zero-order valence-electron chi connectivity index (χ0n) is 19.4. The predicted octanol–water partition coefficient (Wildman–Crippen LogP) is 3.51. The first-order chi connectivity index (χ1) is 17.0. The van der Waals surface area contributed by atoms with Gasteiger partial charge < -0.3 is 25.5 Å². The molecule has 0 saturated carbocycles. The molecule has 3 rings (SSSR count). The highest BCUT2D eigenvalue weighted by atomic mass is 16.2. The molecular weight excluding hydrogens is 444 g/mol. The molecule has 0 spiro atoms. The Morgan fingerprint density at radius 1 is 0.857 bits per heavy atom. The predicted molar refractivity (Wildman–Crippen MR) is 138 cm³/mol. The third kappa shape index (κ3) is 7.55. The Kier molecular flexibility index (Phi) is 9.15. The van der Waals surface area contributed by atoms with Crippen LogP contribution in [0, 0.1) is 0 Å². The fourth-order valence-corrected chi connectivity index (χ4v) is 3.30. The first kappa shape index (κ1) is 25.2. The number of nitrogens with one attached hydrogen (secondary N) is 2. The summed E-state index contributed by atoms with van der Waals surface area (Å²) in [6, 6.07) is 24.5. The van der Waals surface area contributed by atoms with Crippen LogP contribution in [0.25, 0.3) is 6.08 Å². The van der Waals surface area contributed by atoms with Crippen LogP contribution in [0.15, 0.2) is 91.0 Å². The van der Waals surface area contributed by atoms with Gasteiger partial charge in [-0.15, -0.1) is 0 Å². The van der Waals surface area contributed by atoms with Gasteiger partial charge in [0.1, 0.15) is 6.54 Å². The van der Waals surface area contributed by atoms with Crippen molar-refractivity contribution in [1.29, 1.82) is 0 Å². The Bertz CT molecular complexity index is 1170. The van der Waals surface area contributed by atoms with Gasteiger partial charge in [0.25, 0.3) is 0 Å². The number of aliphatic hydroxyl groups is 1. The third-order valence-electron chi connectivity index (χ3n) is 5.14. The number of anilines is 3. The molecule has 3 aromatic carbocycles. The summed E-state index contributed by atoms with van der Waals surface area (Å²) in [5.74, 6) is -0.702. The summed E-state index contributed by atoms with van der Waals surface area (Å²) in [6.07, 6.45) is 3.32. The maximum atomic E-state index is 13.0. The van der Waals surface area contributed by atoms with Crippen molar-refractivity contribution in [2.45, 2.75) is 0 Å². The summed E-state index contributed by atoms with van der Waals surface area (Å²) in [4.78, 5) is 41.2. The molecule has 0 fully saturated rings. The molecule has 35 heavy (non-hydrogen) atoms. The van der Waals surface area contributed by atoms with Crippen LogP contribution in [-0.4, -0.2) is 49.7 Å². The van der Waals surface area contributed by atoms with E-state index in [1.54, 1.807) is 61.7 Å². The van der Waals surface area contributed by atoms with E-state index < -0.39 is 11.9 Å². The second kappa shape index (κ2) is 12.7. The molecule has 180 valence electrons. The van der Waals surface area contributed by atoms with Crippen LogP contribution < -0.4 is 20.4 Å². The first-order valence-corrected chi connectivity index (χ1v) is 11.1. The van der Waals surface area contributed by atoms with Gasteiger partial charge >= 0.3 is 6.03 Å². The topological polar surface area (TPSA) is 102 Å². The first-order valence-electron chi connectivity index (χ1n) is 11.1. The monoisotopic (exact) mass is 472 g/mol. The highest BCUT2D eigenvalue weighted by Gasteiger charge is 2.22. The SMILES string of the molecule is CN(C(=O)CN(C(=O)CNC(=O)Nc1cccc(/C=C/CO)c1)c1ccccc1)c1ccccc1. The minimum absolute atomic E-state index is 0.0815. The highest BCUT2D eigenvalue weighted by molar-refractivity contribution is 6.05. The van der Waals surface area contributed by atoms with Gasteiger partial charge in [-0.2, -0.15) is 0 Å². The minimum Gasteiger partial charge on any atom is -0.392 e. The molecule has 0 aliphatic carbocycles. The van der Waals surface area contributed by atoms with Crippen molar-refractivity contribution in [1.82, 2.24) is 5.32 Å². The molecule has 8 nitrogen and oxygen atoms in total. The van der Waals surface area contributed by atoms with Crippen LogP contribution in [0.5, 0.6) is 0 Å². The number of amides is 4. The van der Waals surface area contributed by atoms with E-state index in [9.17, 15) is 14.4 Å². The van der Waals surface area contributed by atoms with Crippen molar-refractivity contribution in [3.63, 3.8) is 0 Å². The third-order valence-corrected chi connectivity index (χ3v) is 5.14. The minimum atomic E-state index is -0.553. The summed E-state index contributed by atoms with van der Waals surface area (Å²) in [5.41, 5.74) is 2.61. The molecule has 0 radical (unpaired) electrons. The molecule has 0 aliphatic rings. The van der Waals surface area contributed by atoms with Gasteiger partial charge in [0, 0.05) is 24.1 Å². The normalized spacial score (nSPS) is 10.6. The summed E-state index contributed by atoms with van der Waals surface area (Å²) in [5, 5.41) is 14.1. The molecule has 0 atom stereocenters. The second-order valence-electron chi connectivity index (χ2n) is 7.62. The molecule has 8 heteroatoms. The average Bonchev–Trinajstić information content (AvgIpc) is 2.89. The Balaban J connectivity index is 1.64. The lowest BCUT2D eigenvalue weighted by molar-refractivity contribution is -0.121. The van der Waals surface area contributed by atoms with Crippen LogP contribution in [-0.2, 0) is 9.59 Å². The van der Waals surface area contributed by atoms with E-state index in [4.69, 9.17) is 5.11 Å². The van der Waals surface area contributed by atoms with Crippen molar-refractivity contribution in [3.8, 4) is 0 Å². The number of rotatable bonds is 9. The number of para-hydroxylation sites is 2. The maximum Gasteiger partial charge on any atom is 0.319 e. The van der Waals surface area contributed by atoms with Gasteiger partial charge in [0.15, 0.2) is 0 Å². The number of aliphatic hydroxyl groups excluding tert-OH is 1. The molecule has 0 saturated heterocycles. The summed E-state index contributed by atoms with van der Waals surface area (Å²) >= 11 is 0. The fraction of sp³-hybridized carbons (Fsp3) is 0.148. The van der Waals surface area contributed by atoms with Gasteiger partial charge in [0.05, 0.1) is 13.2 Å². The Morgan fingerprint density at radius 3 is 2.17 bits per heavy atom. The molecule has 3 N–H and O–H groups in total. The van der Waals surface area contributed by atoms with Gasteiger partial charge in [-0.25, -0.2) is 4.79 Å². The summed E-state index contributed by atoms with van der Waals surface area (Å²) < 4.78 is 0. The number of nitrogens with zero attached hydrogens (tertiary/aromatic N) is 2. The number of likely N-dealkylation sites (N-methyl/N-ethyl adjacent to an activating group) is 1. The van der Waals surface area contributed by atoms with Crippen LogP contribution in [0.2, 0.25) is 0 Å². The number of urea groups is 1. The lowest BCUT2D eigenvalue weighted by Gasteiger charge is -2.25. The molecule has 0 aromatic heterocycles. The van der Waals surface area contributed by atoms with E-state index in [0.29, 0.717) is 17.1 Å². The molecule has 0 heterocycles. The van der Waals surface area contributed by atoms with E-state index in [2.05, 4.69) is 10.6 Å². The second-order valence-corrected chi connectivity index (χ2v) is 7.62. The molecule has 0 unspecified atom stereocenters. The highest BCUT2D eigenvalue weighted by Crippen LogP contribution is 2.16. The Hall–Kier alpha value is -4.43. The number of benzene rings is 3. The number of carbonyl (C=O) groups is 3. The number of hydrogen-bond acceptors (Lipinski definition) is 4. The van der Waals surface area contributed by atoms with E-state index in [1.807, 2.05) is 42.5 Å². The Morgan fingerprint density at radius 2 is 1.51 bits per heavy atom. The largest absolute Gasteiger partial charge is 0.392 e. The average molecular weight is 473 g/mol. The van der Waals surface area contributed by atoms with Gasteiger partial charge in [-0.05, 0) is 42.0 Å². The molecule has 0 bridgehead atoms. The molecule has 4 amide bonds. The Labute approximate surface area is 204 Å². The van der Waals surface area contributed by atoms with Gasteiger partial charge in [-0.1, -0.05) is 60.7 Å². The van der Waals surface area contributed by atoms with Crippen LogP contribution >= 0.6 is 0 Å². The van der Waals surface area contributed by atoms with Crippen LogP contribution in [0.1, 0.15) is 5.56 Å². The van der Waals surface area contributed by atoms with Gasteiger partial charge in [-0.3, -0.25) is 9.59 Å². The fourth-order valence-electron chi connectivity index (χ4n) is 3.30. The zero-order valence-corrected chi connectivity index (χ0v) is 19.4. The van der Waals surface area contributed by atoms with E-state index in [0.717, 1.165) is 5.56 Å². The smallest absolute Gasteiger partial charge is 0.319 e. The standard InChI is InChI=1S/C27H28N4O4/c1-30(23-13-4-2-5-14-23)26(34)20-31(24-15-6-3-7-16-24)25(33)19-28-27(35)29-22-12-8-10-21(18-22)11-9-17-32/h2-16,18,32H,17,19-20H2,1H3,(H2,28,29,35)/b11-9+. The van der Waals surface area contributed by atoms with Gasteiger partial charge in [0.2, 0.25) is 11.8 Å². The van der Waals surface area contributed by atoms with Crippen molar-refractivity contribution in [2.75, 3.05) is 41.9 Å². The summed E-state index contributed by atoms with van der Waals surface area (Å²) in [6.45, 7) is -0.564. The molecule has 0 aliphatic heterocycles. The van der Waals surface area contributed by atoms with Crippen LogP contribution in [0.3, 0.4) is 0 Å². The summed E-state index contributed by atoms with van der Waals surface area (Å²) in [7, 11) is 1.65. The van der Waals surface area contributed by atoms with Crippen molar-refractivity contribution in [3.05, 3.63) is 96.6 Å². The maximum absolute atomic E-state index is 13.0. The lowest BCUT2D eigenvalue weighted by Crippen LogP contribution is -2.46.